The van der Waals surface area contributed by atoms with Gasteiger partial charge in [-0.2, -0.15) is 10.2 Å². The van der Waals surface area contributed by atoms with Gasteiger partial charge < -0.3 is 26.6 Å². The molecule has 0 fully saturated rings. The molecule has 0 saturated carbocycles. The minimum atomic E-state index is -1.54. The molecule has 1 heterocycles. The van der Waals surface area contributed by atoms with E-state index >= 15 is 0 Å². The summed E-state index contributed by atoms with van der Waals surface area (Å²) in [6, 6.07) is 14.1. The number of hydrogen-bond donors (Lipinski definition) is 3. The molecular formula is C21H22N6O4. The molecule has 0 aliphatic carbocycles. The van der Waals surface area contributed by atoms with Crippen molar-refractivity contribution in [1.82, 2.24) is 0 Å². The lowest BCUT2D eigenvalue weighted by molar-refractivity contribution is -0.155. The molecule has 31 heavy (non-hydrogen) atoms. The summed E-state index contributed by atoms with van der Waals surface area (Å²) >= 11 is 0. The van der Waals surface area contributed by atoms with E-state index in [2.05, 4.69) is 20.7 Å². The molecule has 1 aliphatic heterocycles. The fourth-order valence-corrected chi connectivity index (χ4v) is 3.10. The number of hydrogen-bond acceptors (Lipinski definition) is 9. The largest absolute Gasteiger partial charge is 0.469 e. The van der Waals surface area contributed by atoms with Crippen LogP contribution >= 0.6 is 0 Å². The summed E-state index contributed by atoms with van der Waals surface area (Å²) in [6.07, 6.45) is 2.75. The van der Waals surface area contributed by atoms with E-state index in [1.54, 1.807) is 30.3 Å². The van der Waals surface area contributed by atoms with Gasteiger partial charge in [0, 0.05) is 17.7 Å². The molecule has 5 N–H and O–H groups in total. The van der Waals surface area contributed by atoms with Crippen LogP contribution in [0.5, 0.6) is 0 Å². The first-order valence-corrected chi connectivity index (χ1v) is 9.30. The average Bonchev–Trinajstić information content (AvgIpc) is 3.21. The maximum atomic E-state index is 13.1. The zero-order chi connectivity index (χ0) is 22.3. The highest BCUT2D eigenvalue weighted by Crippen LogP contribution is 2.32. The third-order valence-corrected chi connectivity index (χ3v) is 4.69. The first kappa shape index (κ1) is 21.5. The van der Waals surface area contributed by atoms with Crippen molar-refractivity contribution >= 4 is 35.7 Å². The lowest BCUT2D eigenvalue weighted by atomic mass is 9.89. The molecule has 3 rings (SSSR count). The van der Waals surface area contributed by atoms with Gasteiger partial charge in [0.2, 0.25) is 5.60 Å². The monoisotopic (exact) mass is 422 g/mol. The Morgan fingerprint density at radius 1 is 1.16 bits per heavy atom. The van der Waals surface area contributed by atoms with Crippen molar-refractivity contribution in [3.63, 3.8) is 0 Å². The third kappa shape index (κ3) is 5.04. The molecule has 1 aliphatic rings. The van der Waals surface area contributed by atoms with E-state index in [9.17, 15) is 9.59 Å². The Morgan fingerprint density at radius 3 is 2.55 bits per heavy atom. The second kappa shape index (κ2) is 9.53. The Morgan fingerprint density at radius 2 is 1.87 bits per heavy atom. The summed E-state index contributed by atoms with van der Waals surface area (Å²) < 4.78 is 4.76. The van der Waals surface area contributed by atoms with E-state index in [0.29, 0.717) is 11.4 Å². The van der Waals surface area contributed by atoms with Crippen LogP contribution in [0.25, 0.3) is 0 Å². The van der Waals surface area contributed by atoms with Crippen molar-refractivity contribution in [2.24, 2.45) is 27.0 Å². The van der Waals surface area contributed by atoms with Crippen molar-refractivity contribution in [3.8, 4) is 0 Å². The molecule has 10 heteroatoms. The Kier molecular flexibility index (Phi) is 6.61. The Balaban J connectivity index is 1.83. The van der Waals surface area contributed by atoms with Crippen LogP contribution in [0.2, 0.25) is 0 Å². The van der Waals surface area contributed by atoms with E-state index in [-0.39, 0.29) is 12.8 Å². The molecule has 1 atom stereocenters. The highest BCUT2D eigenvalue weighted by atomic mass is 16.7. The summed E-state index contributed by atoms with van der Waals surface area (Å²) in [5, 5.41) is 13.8. The van der Waals surface area contributed by atoms with Crippen LogP contribution < -0.4 is 17.0 Å². The molecule has 1 amide bonds. The molecular weight excluding hydrogens is 400 g/mol. The number of ether oxygens (including phenoxy) is 1. The number of carbonyl (C=O) groups excluding carboxylic acids is 2. The van der Waals surface area contributed by atoms with Crippen molar-refractivity contribution in [1.29, 1.82) is 0 Å². The number of rotatable bonds is 7. The Hall–Kier alpha value is -4.21. The second-order valence-electron chi connectivity index (χ2n) is 6.81. The topological polar surface area (TPSA) is 154 Å². The van der Waals surface area contributed by atoms with E-state index in [1.807, 2.05) is 18.2 Å². The smallest absolute Gasteiger partial charge is 0.310 e. The van der Waals surface area contributed by atoms with Crippen molar-refractivity contribution < 1.29 is 19.2 Å². The summed E-state index contributed by atoms with van der Waals surface area (Å²) in [7, 11) is 1.25. The molecule has 0 spiro atoms. The van der Waals surface area contributed by atoms with Gasteiger partial charge in [0.1, 0.15) is 0 Å². The zero-order valence-electron chi connectivity index (χ0n) is 16.8. The first-order chi connectivity index (χ1) is 15.0. The maximum absolute atomic E-state index is 13.1. The van der Waals surface area contributed by atoms with E-state index in [0.717, 1.165) is 16.7 Å². The van der Waals surface area contributed by atoms with Crippen LogP contribution in [0.1, 0.15) is 29.5 Å². The number of nitrogens with one attached hydrogen (secondary N) is 1. The normalized spacial score (nSPS) is 18.0. The lowest BCUT2D eigenvalue weighted by Crippen LogP contribution is -2.45. The highest BCUT2D eigenvalue weighted by molar-refractivity contribution is 6.09. The van der Waals surface area contributed by atoms with Crippen LogP contribution in [0, 0.1) is 0 Å². The average molecular weight is 422 g/mol. The van der Waals surface area contributed by atoms with Crippen molar-refractivity contribution in [2.45, 2.75) is 18.4 Å². The predicted octanol–water partition coefficient (Wildman–Crippen LogP) is 1.34. The Labute approximate surface area is 178 Å². The summed E-state index contributed by atoms with van der Waals surface area (Å²) in [5.74, 6) is 9.24. The number of nitrogens with two attached hydrogens (primary N) is 2. The summed E-state index contributed by atoms with van der Waals surface area (Å²) in [6.45, 7) is 0. The number of esters is 1. The third-order valence-electron chi connectivity index (χ3n) is 4.69. The van der Waals surface area contributed by atoms with Gasteiger partial charge >= 0.3 is 5.97 Å². The van der Waals surface area contributed by atoms with E-state index < -0.39 is 17.5 Å². The number of anilines is 1. The number of hydrazone groups is 2. The van der Waals surface area contributed by atoms with Crippen LogP contribution in [0.3, 0.4) is 0 Å². The lowest BCUT2D eigenvalue weighted by Gasteiger charge is -2.24. The minimum Gasteiger partial charge on any atom is -0.469 e. The van der Waals surface area contributed by atoms with Gasteiger partial charge in [-0.05, 0) is 29.3 Å². The Bertz CT molecular complexity index is 1050. The van der Waals surface area contributed by atoms with Gasteiger partial charge in [-0.25, -0.2) is 0 Å². The van der Waals surface area contributed by atoms with Crippen LogP contribution in [0.4, 0.5) is 5.69 Å². The SMILES string of the molecule is COC(=O)CC1(C(=O)Nc2ccc(C=NN)cc2)CC(c2cccc(C=NN)c2)=NO1. The fourth-order valence-electron chi connectivity index (χ4n) is 3.10. The molecule has 1 unspecified atom stereocenters. The number of amides is 1. The van der Waals surface area contributed by atoms with Gasteiger partial charge in [0.25, 0.3) is 5.91 Å². The standard InChI is InChI=1S/C21H22N6O4/c1-30-19(28)11-21(20(29)26-17-7-5-14(6-8-17)12-24-22)10-18(27-31-21)16-4-2-3-15(9-16)13-25-23/h2-9,12-13H,10-11,22-23H2,1H3,(H,26,29). The predicted molar refractivity (Wildman–Crippen MR) is 117 cm³/mol. The number of methoxy groups -OCH3 is 1. The molecule has 0 saturated heterocycles. The summed E-state index contributed by atoms with van der Waals surface area (Å²) in [5.41, 5.74) is 1.74. The fraction of sp³-hybridized carbons (Fsp3) is 0.190. The maximum Gasteiger partial charge on any atom is 0.310 e. The van der Waals surface area contributed by atoms with Crippen molar-refractivity contribution in [3.05, 3.63) is 65.2 Å². The second-order valence-corrected chi connectivity index (χ2v) is 6.81. The zero-order valence-corrected chi connectivity index (χ0v) is 16.8. The number of benzene rings is 2. The first-order valence-electron chi connectivity index (χ1n) is 9.30. The molecule has 2 aromatic carbocycles. The van der Waals surface area contributed by atoms with E-state index in [4.69, 9.17) is 21.3 Å². The summed E-state index contributed by atoms with van der Waals surface area (Å²) in [4.78, 5) is 30.7. The van der Waals surface area contributed by atoms with Gasteiger partial charge in [-0.1, -0.05) is 35.5 Å². The molecule has 0 radical (unpaired) electrons. The minimum absolute atomic E-state index is 0.0784. The van der Waals surface area contributed by atoms with Gasteiger partial charge in [-0.3, -0.25) is 9.59 Å². The van der Waals surface area contributed by atoms with Crippen LogP contribution in [0.15, 0.2) is 63.9 Å². The van der Waals surface area contributed by atoms with Gasteiger partial charge in [0.05, 0.1) is 31.7 Å². The van der Waals surface area contributed by atoms with Gasteiger partial charge in [0.15, 0.2) is 0 Å². The number of oxime groups is 1. The quantitative estimate of drug-likeness (QED) is 0.265. The highest BCUT2D eigenvalue weighted by Gasteiger charge is 2.49. The van der Waals surface area contributed by atoms with Gasteiger partial charge in [-0.15, -0.1) is 0 Å². The molecule has 10 nitrogen and oxygen atoms in total. The van der Waals surface area contributed by atoms with Crippen molar-refractivity contribution in [2.75, 3.05) is 12.4 Å². The van der Waals surface area contributed by atoms with E-state index in [1.165, 1.54) is 19.5 Å². The molecule has 160 valence electrons. The number of carbonyl (C=O) groups is 2. The molecule has 0 bridgehead atoms. The number of nitrogens with zero attached hydrogens (tertiary/aromatic N) is 3. The van der Waals surface area contributed by atoms with Crippen LogP contribution in [-0.4, -0.2) is 42.7 Å². The molecule has 2 aromatic rings. The van der Waals surface area contributed by atoms with Crippen LogP contribution in [-0.2, 0) is 19.2 Å². The molecule has 0 aromatic heterocycles.